The van der Waals surface area contributed by atoms with Crippen LogP contribution in [0, 0.1) is 0 Å². The van der Waals surface area contributed by atoms with Gasteiger partial charge in [0.25, 0.3) is 5.56 Å². The van der Waals surface area contributed by atoms with Crippen molar-refractivity contribution < 1.29 is 0 Å². The van der Waals surface area contributed by atoms with Gasteiger partial charge in [-0.1, -0.05) is 37.3 Å². The Labute approximate surface area is 121 Å². The Bertz CT molecular complexity index is 662. The first-order chi connectivity index (χ1) is 9.74. The van der Waals surface area contributed by atoms with Gasteiger partial charge in [0, 0.05) is 12.1 Å². The molecule has 20 heavy (non-hydrogen) atoms. The monoisotopic (exact) mass is 292 g/mol. The summed E-state index contributed by atoms with van der Waals surface area (Å²) in [5, 5.41) is 4.23. The lowest BCUT2D eigenvalue weighted by Gasteiger charge is -2.17. The molecule has 2 heterocycles. The van der Waals surface area contributed by atoms with E-state index in [1.165, 1.54) is 32.0 Å². The van der Waals surface area contributed by atoms with E-state index in [0.717, 1.165) is 12.8 Å². The largest absolute Gasteiger partial charge is 0.367 e. The summed E-state index contributed by atoms with van der Waals surface area (Å²) in [6.45, 7) is 0. The molecule has 1 aliphatic carbocycles. The average Bonchev–Trinajstić information content (AvgIpc) is 2.67. The molecule has 0 saturated heterocycles. The van der Waals surface area contributed by atoms with Gasteiger partial charge < -0.3 is 10.3 Å². The Hall–Kier alpha value is -1.62. The van der Waals surface area contributed by atoms with E-state index in [1.54, 1.807) is 6.07 Å². The van der Waals surface area contributed by atoms with Gasteiger partial charge in [-0.3, -0.25) is 4.79 Å². The van der Waals surface area contributed by atoms with Crippen LogP contribution >= 0.6 is 11.6 Å². The molecule has 3 rings (SSSR count). The number of H-pyrrole nitrogens is 1. The van der Waals surface area contributed by atoms with E-state index in [0.29, 0.717) is 27.9 Å². The molecule has 2 N–H and O–H groups in total. The van der Waals surface area contributed by atoms with Gasteiger partial charge in [-0.25, -0.2) is 9.97 Å². The fourth-order valence-electron chi connectivity index (χ4n) is 2.78. The van der Waals surface area contributed by atoms with Crippen molar-refractivity contribution in [1.82, 2.24) is 15.0 Å². The number of anilines is 1. The van der Waals surface area contributed by atoms with E-state index in [9.17, 15) is 4.79 Å². The first kappa shape index (κ1) is 13.4. The summed E-state index contributed by atoms with van der Waals surface area (Å²) in [7, 11) is 0. The second kappa shape index (κ2) is 5.79. The number of nitrogens with one attached hydrogen (secondary N) is 2. The quantitative estimate of drug-likeness (QED) is 0.659. The van der Waals surface area contributed by atoms with Crippen LogP contribution in [0.3, 0.4) is 0 Å². The summed E-state index contributed by atoms with van der Waals surface area (Å²) < 4.78 is 0. The minimum absolute atomic E-state index is 0.185. The maximum Gasteiger partial charge on any atom is 0.262 e. The number of aromatic nitrogens is 3. The molecule has 0 amide bonds. The van der Waals surface area contributed by atoms with Gasteiger partial charge in [0.15, 0.2) is 0 Å². The Morgan fingerprint density at radius 2 is 2.00 bits per heavy atom. The van der Waals surface area contributed by atoms with E-state index in [-0.39, 0.29) is 5.56 Å². The van der Waals surface area contributed by atoms with E-state index in [4.69, 9.17) is 11.6 Å². The zero-order chi connectivity index (χ0) is 13.9. The van der Waals surface area contributed by atoms with Crippen molar-refractivity contribution in [3.8, 4) is 0 Å². The zero-order valence-corrected chi connectivity index (χ0v) is 11.9. The molecule has 1 saturated carbocycles. The van der Waals surface area contributed by atoms with E-state index in [1.807, 2.05) is 0 Å². The minimum Gasteiger partial charge on any atom is -0.367 e. The van der Waals surface area contributed by atoms with Gasteiger partial charge in [0.2, 0.25) is 0 Å². The first-order valence-corrected chi connectivity index (χ1v) is 7.42. The Kier molecular flexibility index (Phi) is 3.87. The van der Waals surface area contributed by atoms with Crippen LogP contribution in [-0.2, 0) is 0 Å². The van der Waals surface area contributed by atoms with Crippen molar-refractivity contribution in [2.24, 2.45) is 0 Å². The first-order valence-electron chi connectivity index (χ1n) is 7.04. The lowest BCUT2D eigenvalue weighted by Crippen LogP contribution is -2.21. The van der Waals surface area contributed by atoms with Gasteiger partial charge in [-0.05, 0) is 12.8 Å². The number of rotatable bonds is 2. The molecule has 1 fully saturated rings. The Balaban J connectivity index is 1.99. The van der Waals surface area contributed by atoms with Crippen molar-refractivity contribution in [2.75, 3.05) is 5.32 Å². The highest BCUT2D eigenvalue weighted by Gasteiger charge is 2.16. The molecule has 0 aliphatic heterocycles. The molecule has 106 valence electrons. The molecule has 1 aliphatic rings. The Morgan fingerprint density at radius 1 is 1.25 bits per heavy atom. The van der Waals surface area contributed by atoms with Crippen LogP contribution in [0.5, 0.6) is 0 Å². The highest BCUT2D eigenvalue weighted by molar-refractivity contribution is 6.30. The van der Waals surface area contributed by atoms with Gasteiger partial charge in [-0.15, -0.1) is 0 Å². The second-order valence-corrected chi connectivity index (χ2v) is 5.64. The van der Waals surface area contributed by atoms with Crippen LogP contribution in [0.2, 0.25) is 5.15 Å². The average molecular weight is 293 g/mol. The number of pyridine rings is 1. The summed E-state index contributed by atoms with van der Waals surface area (Å²) in [6.07, 6.45) is 8.59. The molecule has 6 heteroatoms. The number of halogens is 1. The van der Waals surface area contributed by atoms with Crippen molar-refractivity contribution in [2.45, 2.75) is 44.6 Å². The Morgan fingerprint density at radius 3 is 2.75 bits per heavy atom. The number of fused-ring (bicyclic) bond motifs is 1. The van der Waals surface area contributed by atoms with Crippen molar-refractivity contribution in [3.05, 3.63) is 27.9 Å². The molecule has 0 bridgehead atoms. The molecular formula is C14H17ClN4O. The molecule has 0 aromatic carbocycles. The van der Waals surface area contributed by atoms with Crippen molar-refractivity contribution >= 4 is 28.3 Å². The van der Waals surface area contributed by atoms with Crippen molar-refractivity contribution in [1.29, 1.82) is 0 Å². The molecule has 0 radical (unpaired) electrons. The van der Waals surface area contributed by atoms with E-state index in [2.05, 4.69) is 20.3 Å². The SMILES string of the molecule is O=c1[nH]cnc2cc(Cl)nc(NC3CCCCCC3)c12. The second-order valence-electron chi connectivity index (χ2n) is 5.25. The number of hydrogen-bond donors (Lipinski definition) is 2. The summed E-state index contributed by atoms with van der Waals surface area (Å²) >= 11 is 6.02. The smallest absolute Gasteiger partial charge is 0.262 e. The van der Waals surface area contributed by atoms with Crippen LogP contribution in [0.4, 0.5) is 5.82 Å². The maximum absolute atomic E-state index is 12.0. The lowest BCUT2D eigenvalue weighted by atomic mass is 10.1. The molecule has 2 aromatic rings. The predicted molar refractivity (Wildman–Crippen MR) is 80.3 cm³/mol. The third-order valence-electron chi connectivity index (χ3n) is 3.79. The maximum atomic E-state index is 12.0. The summed E-state index contributed by atoms with van der Waals surface area (Å²) in [4.78, 5) is 23.0. The fraction of sp³-hybridized carbons (Fsp3) is 0.500. The van der Waals surface area contributed by atoms with Crippen molar-refractivity contribution in [3.63, 3.8) is 0 Å². The van der Waals surface area contributed by atoms with Gasteiger partial charge in [-0.2, -0.15) is 0 Å². The third kappa shape index (κ3) is 2.77. The molecule has 0 unspecified atom stereocenters. The highest BCUT2D eigenvalue weighted by atomic mass is 35.5. The van der Waals surface area contributed by atoms with Gasteiger partial charge in [0.1, 0.15) is 16.4 Å². The third-order valence-corrected chi connectivity index (χ3v) is 3.98. The number of nitrogens with zero attached hydrogens (tertiary/aromatic N) is 2. The normalized spacial score (nSPS) is 17.1. The molecule has 2 aromatic heterocycles. The molecular weight excluding hydrogens is 276 g/mol. The van der Waals surface area contributed by atoms with E-state index >= 15 is 0 Å². The van der Waals surface area contributed by atoms with Crippen LogP contribution in [0.15, 0.2) is 17.2 Å². The summed E-state index contributed by atoms with van der Waals surface area (Å²) in [5.41, 5.74) is 0.389. The van der Waals surface area contributed by atoms with Crippen LogP contribution < -0.4 is 10.9 Å². The number of hydrogen-bond acceptors (Lipinski definition) is 4. The van der Waals surface area contributed by atoms with Crippen LogP contribution in [-0.4, -0.2) is 21.0 Å². The number of aromatic amines is 1. The predicted octanol–water partition coefficient (Wildman–Crippen LogP) is 3.11. The standard InChI is InChI=1S/C14H17ClN4O/c15-11-7-10-12(14(20)17-8-16-10)13(19-11)18-9-5-3-1-2-4-6-9/h7-9H,1-6H2,(H,18,19)(H,16,17,20). The fourth-order valence-corrected chi connectivity index (χ4v) is 2.97. The van der Waals surface area contributed by atoms with E-state index < -0.39 is 0 Å². The summed E-state index contributed by atoms with van der Waals surface area (Å²) in [5.74, 6) is 0.550. The lowest BCUT2D eigenvalue weighted by molar-refractivity contribution is 0.618. The van der Waals surface area contributed by atoms with Gasteiger partial charge >= 0.3 is 0 Å². The summed E-state index contributed by atoms with van der Waals surface area (Å²) in [6, 6.07) is 1.97. The molecule has 0 atom stereocenters. The molecule has 0 spiro atoms. The van der Waals surface area contributed by atoms with Crippen LogP contribution in [0.25, 0.3) is 10.9 Å². The minimum atomic E-state index is -0.185. The highest BCUT2D eigenvalue weighted by Crippen LogP contribution is 2.24. The van der Waals surface area contributed by atoms with Crippen LogP contribution in [0.1, 0.15) is 38.5 Å². The van der Waals surface area contributed by atoms with Gasteiger partial charge in [0.05, 0.1) is 11.8 Å². The zero-order valence-electron chi connectivity index (χ0n) is 11.2. The topological polar surface area (TPSA) is 70.7 Å². The molecule has 5 nitrogen and oxygen atoms in total.